The number of ether oxygens (including phenoxy) is 2. The number of aryl methyl sites for hydroxylation is 1. The van der Waals surface area contributed by atoms with E-state index in [1.807, 2.05) is 50.2 Å². The van der Waals surface area contributed by atoms with Gasteiger partial charge in [0.1, 0.15) is 22.8 Å². The smallest absolute Gasteiger partial charge is 0.294 e. The highest BCUT2D eigenvalue weighted by Crippen LogP contribution is 2.30. The van der Waals surface area contributed by atoms with Gasteiger partial charge in [-0.3, -0.25) is 4.79 Å². The number of benzene rings is 1. The average molecular weight is 490 g/mol. The summed E-state index contributed by atoms with van der Waals surface area (Å²) >= 11 is 0. The Morgan fingerprint density at radius 2 is 1.75 bits per heavy atom. The molecule has 2 aromatic heterocycles. The van der Waals surface area contributed by atoms with Crippen molar-refractivity contribution >= 4 is 22.4 Å². The second kappa shape index (κ2) is 10.1. The van der Waals surface area contributed by atoms with Gasteiger partial charge in [0.25, 0.3) is 5.56 Å². The number of nitriles is 1. The maximum Gasteiger partial charge on any atom is 0.294 e. The molecule has 0 amide bonds. The number of rotatable bonds is 5. The molecule has 10 nitrogen and oxygen atoms in total. The van der Waals surface area contributed by atoms with Crippen LogP contribution in [0, 0.1) is 25.2 Å². The minimum absolute atomic E-state index is 0.0963. The molecule has 3 aromatic rings. The summed E-state index contributed by atoms with van der Waals surface area (Å²) in [6.07, 6.45) is 1.85. The van der Waals surface area contributed by atoms with Crippen molar-refractivity contribution in [3.05, 3.63) is 57.3 Å². The number of nitrogens with one attached hydrogen (secondary N) is 1. The van der Waals surface area contributed by atoms with Crippen LogP contribution in [0.25, 0.3) is 10.9 Å². The van der Waals surface area contributed by atoms with E-state index < -0.39 is 0 Å². The average Bonchev–Trinajstić information content (AvgIpc) is 2.89. The maximum atomic E-state index is 13.8. The number of aromatic nitrogens is 3. The molecule has 36 heavy (non-hydrogen) atoms. The predicted molar refractivity (Wildman–Crippen MR) is 138 cm³/mol. The molecule has 2 aliphatic heterocycles. The summed E-state index contributed by atoms with van der Waals surface area (Å²) in [6, 6.07) is 7.89. The molecule has 0 radical (unpaired) electrons. The molecule has 1 atom stereocenters. The monoisotopic (exact) mass is 489 g/mol. The Hall–Kier alpha value is -3.68. The second-order valence-corrected chi connectivity index (χ2v) is 9.17. The van der Waals surface area contributed by atoms with Gasteiger partial charge in [-0.15, -0.1) is 0 Å². The van der Waals surface area contributed by atoms with E-state index in [1.165, 1.54) is 0 Å². The zero-order valence-electron chi connectivity index (χ0n) is 21.0. The van der Waals surface area contributed by atoms with Crippen LogP contribution < -0.4 is 20.8 Å². The van der Waals surface area contributed by atoms with Crippen molar-refractivity contribution in [2.24, 2.45) is 0 Å². The van der Waals surface area contributed by atoms with Gasteiger partial charge in [0.15, 0.2) is 0 Å². The Kier molecular flexibility index (Phi) is 6.76. The quantitative estimate of drug-likeness (QED) is 0.577. The molecule has 0 spiro atoms. The van der Waals surface area contributed by atoms with Gasteiger partial charge < -0.3 is 24.7 Å². The maximum absolute atomic E-state index is 13.8. The van der Waals surface area contributed by atoms with Crippen molar-refractivity contribution in [1.29, 1.82) is 5.26 Å². The van der Waals surface area contributed by atoms with Gasteiger partial charge in [-0.1, -0.05) is 12.1 Å². The van der Waals surface area contributed by atoms with E-state index in [4.69, 9.17) is 19.4 Å². The van der Waals surface area contributed by atoms with Crippen LogP contribution in [0.1, 0.15) is 35.5 Å². The second-order valence-electron chi connectivity index (χ2n) is 9.17. The van der Waals surface area contributed by atoms with Gasteiger partial charge in [0, 0.05) is 19.3 Å². The first kappa shape index (κ1) is 24.0. The summed E-state index contributed by atoms with van der Waals surface area (Å²) in [5.41, 5.74) is 3.73. The van der Waals surface area contributed by atoms with Crippen molar-refractivity contribution in [2.45, 2.75) is 26.8 Å². The molecular weight excluding hydrogens is 458 g/mol. The van der Waals surface area contributed by atoms with Crippen molar-refractivity contribution < 1.29 is 9.47 Å². The number of hydrogen-bond donors (Lipinski definition) is 1. The fourth-order valence-corrected chi connectivity index (χ4v) is 4.96. The summed E-state index contributed by atoms with van der Waals surface area (Å²) in [5.74, 6) is 1.24. The molecular formula is C26H31N7O3. The van der Waals surface area contributed by atoms with E-state index in [0.29, 0.717) is 81.0 Å². The van der Waals surface area contributed by atoms with Crippen LogP contribution in [-0.2, 0) is 9.47 Å². The number of hydrogen-bond acceptors (Lipinski definition) is 9. The summed E-state index contributed by atoms with van der Waals surface area (Å²) in [6.45, 7) is 10.6. The number of morpholine rings is 2. The minimum Gasteiger partial charge on any atom is -0.378 e. The van der Waals surface area contributed by atoms with Crippen LogP contribution in [0.2, 0.25) is 0 Å². The third kappa shape index (κ3) is 4.47. The Bertz CT molecular complexity index is 1370. The zero-order chi connectivity index (χ0) is 25.2. The molecule has 1 aromatic carbocycles. The van der Waals surface area contributed by atoms with Crippen LogP contribution in [0.5, 0.6) is 0 Å². The lowest BCUT2D eigenvalue weighted by molar-refractivity contribution is 0.110. The Morgan fingerprint density at radius 1 is 1.06 bits per heavy atom. The normalized spacial score (nSPS) is 17.2. The summed E-state index contributed by atoms with van der Waals surface area (Å²) in [7, 11) is 0. The van der Waals surface area contributed by atoms with Crippen molar-refractivity contribution in [3.63, 3.8) is 0 Å². The third-order valence-corrected chi connectivity index (χ3v) is 6.88. The lowest BCUT2D eigenvalue weighted by atomic mass is 9.98. The standard InChI is InChI=1S/C26H31N7O3/c1-17-20(15-27)5-4-6-21(17)18(2)28-25-22-16-33(32-9-13-36-14-10-32)26(34)24(23(22)29-19(3)30-25)31-7-11-35-12-8-31/h4-6,16,18H,7-14H2,1-3H3,(H,28,29,30)/t18-/m1/s1. The van der Waals surface area contributed by atoms with Crippen molar-refractivity contribution in [1.82, 2.24) is 14.6 Å². The van der Waals surface area contributed by atoms with Crippen LogP contribution in [-0.4, -0.2) is 67.3 Å². The molecule has 0 unspecified atom stereocenters. The summed E-state index contributed by atoms with van der Waals surface area (Å²) < 4.78 is 12.8. The highest BCUT2D eigenvalue weighted by atomic mass is 16.5. The lowest BCUT2D eigenvalue weighted by Crippen LogP contribution is -2.50. The fraction of sp³-hybridized carbons (Fsp3) is 0.462. The fourth-order valence-electron chi connectivity index (χ4n) is 4.96. The van der Waals surface area contributed by atoms with E-state index in [1.54, 1.807) is 4.68 Å². The van der Waals surface area contributed by atoms with Gasteiger partial charge >= 0.3 is 0 Å². The number of pyridine rings is 1. The molecule has 1 N–H and O–H groups in total. The highest BCUT2D eigenvalue weighted by molar-refractivity contribution is 5.97. The van der Waals surface area contributed by atoms with Crippen LogP contribution in [0.3, 0.4) is 0 Å². The van der Waals surface area contributed by atoms with Gasteiger partial charge in [-0.2, -0.15) is 5.26 Å². The zero-order valence-corrected chi connectivity index (χ0v) is 21.0. The Balaban J connectivity index is 1.66. The largest absolute Gasteiger partial charge is 0.378 e. The number of nitrogens with zero attached hydrogens (tertiary/aromatic N) is 6. The van der Waals surface area contributed by atoms with Gasteiger partial charge in [0.2, 0.25) is 0 Å². The van der Waals surface area contributed by atoms with Gasteiger partial charge in [0.05, 0.1) is 62.6 Å². The Labute approximate surface area is 210 Å². The summed E-state index contributed by atoms with van der Waals surface area (Å²) in [5, 5.41) is 15.8. The van der Waals surface area contributed by atoms with E-state index in [-0.39, 0.29) is 11.6 Å². The first-order valence-electron chi connectivity index (χ1n) is 12.3. The molecule has 4 heterocycles. The minimum atomic E-state index is -0.119. The first-order chi connectivity index (χ1) is 17.5. The van der Waals surface area contributed by atoms with E-state index >= 15 is 0 Å². The number of fused-ring (bicyclic) bond motifs is 1. The Morgan fingerprint density at radius 3 is 2.44 bits per heavy atom. The van der Waals surface area contributed by atoms with Crippen LogP contribution in [0.4, 0.5) is 11.5 Å². The highest BCUT2D eigenvalue weighted by Gasteiger charge is 2.25. The molecule has 0 bridgehead atoms. The molecule has 0 saturated carbocycles. The van der Waals surface area contributed by atoms with E-state index in [0.717, 1.165) is 16.5 Å². The van der Waals surface area contributed by atoms with Crippen LogP contribution in [0.15, 0.2) is 29.2 Å². The lowest BCUT2D eigenvalue weighted by Gasteiger charge is -2.33. The third-order valence-electron chi connectivity index (χ3n) is 6.88. The van der Waals surface area contributed by atoms with Gasteiger partial charge in [-0.25, -0.2) is 14.6 Å². The molecule has 0 aliphatic carbocycles. The molecule has 2 fully saturated rings. The first-order valence-corrected chi connectivity index (χ1v) is 12.3. The molecule has 5 rings (SSSR count). The predicted octanol–water partition coefficient (Wildman–Crippen LogP) is 2.26. The topological polar surface area (TPSA) is 109 Å². The van der Waals surface area contributed by atoms with Gasteiger partial charge in [-0.05, 0) is 38.0 Å². The molecule has 2 saturated heterocycles. The number of anilines is 2. The summed E-state index contributed by atoms with van der Waals surface area (Å²) in [4.78, 5) is 25.4. The molecule has 188 valence electrons. The van der Waals surface area contributed by atoms with E-state index in [2.05, 4.69) is 16.3 Å². The molecule has 2 aliphatic rings. The van der Waals surface area contributed by atoms with Crippen molar-refractivity contribution in [2.75, 3.05) is 67.8 Å². The van der Waals surface area contributed by atoms with Crippen LogP contribution >= 0.6 is 0 Å². The van der Waals surface area contributed by atoms with Crippen molar-refractivity contribution in [3.8, 4) is 6.07 Å². The molecule has 10 heteroatoms. The van der Waals surface area contributed by atoms with E-state index in [9.17, 15) is 10.1 Å². The SMILES string of the molecule is Cc1nc(N[C@H](C)c2cccc(C#N)c2C)c2cn(N3CCOCC3)c(=O)c(N3CCOCC3)c2n1.